The molecule has 0 amide bonds. The van der Waals surface area contributed by atoms with Crippen molar-refractivity contribution in [3.8, 4) is 58.7 Å². The first-order valence-corrected chi connectivity index (χ1v) is 12.9. The Morgan fingerprint density at radius 3 is 1.18 bits per heavy atom. The molecule has 0 saturated heterocycles. The lowest BCUT2D eigenvalue weighted by Gasteiger charge is -2.18. The van der Waals surface area contributed by atoms with Gasteiger partial charge in [-0.25, -0.2) is 8.78 Å². The number of hydrogen-bond donors (Lipinski definition) is 0. The molecule has 0 bridgehead atoms. The number of hydrogen-bond acceptors (Lipinski definition) is 6. The second kappa shape index (κ2) is 10.4. The van der Waals surface area contributed by atoms with Crippen LogP contribution in [0.25, 0.3) is 44.5 Å². The van der Waals surface area contributed by atoms with E-state index in [-0.39, 0.29) is 33.4 Å². The van der Waals surface area contributed by atoms with E-state index in [1.165, 1.54) is 24.3 Å². The lowest BCUT2D eigenvalue weighted by molar-refractivity contribution is 0.623. The van der Waals surface area contributed by atoms with Crippen molar-refractivity contribution >= 4 is 22.3 Å². The van der Waals surface area contributed by atoms with Crippen LogP contribution < -0.4 is 0 Å². The molecule has 0 aliphatic heterocycles. The molecule has 0 N–H and O–H groups in total. The average molecular weight is 567 g/mol. The summed E-state index contributed by atoms with van der Waals surface area (Å²) in [6.45, 7) is 0. The first kappa shape index (κ1) is 27.1. The Hall–Kier alpha value is -7.10. The van der Waals surface area contributed by atoms with Crippen molar-refractivity contribution in [2.45, 2.75) is 0 Å². The van der Waals surface area contributed by atoms with Crippen LogP contribution in [0.3, 0.4) is 0 Å². The molecule has 4 aromatic rings. The first-order valence-electron chi connectivity index (χ1n) is 12.9. The lowest BCUT2D eigenvalue weighted by atomic mass is 9.83. The maximum absolute atomic E-state index is 14.3. The second-order valence-corrected chi connectivity index (χ2v) is 9.77. The van der Waals surface area contributed by atoms with Gasteiger partial charge in [-0.15, -0.1) is 0 Å². The highest BCUT2D eigenvalue weighted by molar-refractivity contribution is 6.39. The zero-order valence-corrected chi connectivity index (χ0v) is 22.4. The highest BCUT2D eigenvalue weighted by atomic mass is 19.1. The van der Waals surface area contributed by atoms with Crippen molar-refractivity contribution in [1.29, 1.82) is 31.6 Å². The summed E-state index contributed by atoms with van der Waals surface area (Å²) in [7, 11) is 0. The summed E-state index contributed by atoms with van der Waals surface area (Å²) in [5.41, 5.74) is 4.51. The lowest BCUT2D eigenvalue weighted by Crippen LogP contribution is -2.00. The number of benzene rings is 4. The number of fused-ring (bicyclic) bond motifs is 4. The van der Waals surface area contributed by atoms with Crippen LogP contribution >= 0.6 is 0 Å². The predicted octanol–water partition coefficient (Wildman–Crippen LogP) is 7.58. The third-order valence-electron chi connectivity index (χ3n) is 7.66. The molecule has 0 spiro atoms. The van der Waals surface area contributed by atoms with E-state index in [1.54, 1.807) is 36.4 Å². The Kier molecular flexibility index (Phi) is 6.39. The molecule has 0 atom stereocenters. The molecule has 6 rings (SSSR count). The molecule has 0 radical (unpaired) electrons. The molecule has 2 aliphatic rings. The molecule has 200 valence electrons. The molecule has 0 saturated carbocycles. The first-order chi connectivity index (χ1) is 21.4. The quantitative estimate of drug-likeness (QED) is 0.229. The van der Waals surface area contributed by atoms with E-state index in [0.717, 1.165) is 12.1 Å². The number of allylic oxidation sites excluding steroid dienone is 6. The van der Waals surface area contributed by atoms with Crippen LogP contribution in [0.4, 0.5) is 8.78 Å². The topological polar surface area (TPSA) is 143 Å². The number of nitrogens with zero attached hydrogens (tertiary/aromatic N) is 6. The summed E-state index contributed by atoms with van der Waals surface area (Å²) in [6.07, 6.45) is 0. The van der Waals surface area contributed by atoms with E-state index in [9.17, 15) is 40.4 Å². The molecule has 8 heteroatoms. The van der Waals surface area contributed by atoms with Gasteiger partial charge < -0.3 is 0 Å². The highest BCUT2D eigenvalue weighted by Crippen LogP contribution is 2.61. The molecule has 0 unspecified atom stereocenters. The van der Waals surface area contributed by atoms with Gasteiger partial charge in [0.15, 0.2) is 0 Å². The maximum atomic E-state index is 14.3. The summed E-state index contributed by atoms with van der Waals surface area (Å²) in [4.78, 5) is 0. The summed E-state index contributed by atoms with van der Waals surface area (Å²) >= 11 is 0. The van der Waals surface area contributed by atoms with E-state index < -0.39 is 11.6 Å². The largest absolute Gasteiger partial charge is 0.206 e. The molecule has 0 heterocycles. The predicted molar refractivity (Wildman–Crippen MR) is 156 cm³/mol. The third kappa shape index (κ3) is 3.79. The van der Waals surface area contributed by atoms with Gasteiger partial charge in [0.25, 0.3) is 0 Å². The average Bonchev–Trinajstić information content (AvgIpc) is 3.56. The zero-order valence-electron chi connectivity index (χ0n) is 22.4. The van der Waals surface area contributed by atoms with Gasteiger partial charge in [0.1, 0.15) is 59.2 Å². The van der Waals surface area contributed by atoms with Crippen molar-refractivity contribution in [3.63, 3.8) is 0 Å². The van der Waals surface area contributed by atoms with Crippen molar-refractivity contribution < 1.29 is 8.78 Å². The fourth-order valence-electron chi connectivity index (χ4n) is 5.91. The van der Waals surface area contributed by atoms with Crippen LogP contribution in [-0.4, -0.2) is 0 Å². The van der Waals surface area contributed by atoms with Gasteiger partial charge in [-0.3, -0.25) is 0 Å². The van der Waals surface area contributed by atoms with Crippen LogP contribution in [0.15, 0.2) is 83.9 Å². The van der Waals surface area contributed by atoms with E-state index in [2.05, 4.69) is 0 Å². The van der Waals surface area contributed by atoms with E-state index in [1.807, 2.05) is 36.4 Å². The van der Waals surface area contributed by atoms with Gasteiger partial charge in [0, 0.05) is 33.4 Å². The standard InChI is InChI=1S/C36H12F2N6/c37-29-9-7-19(11-21(29)13-39)25-3-1-5-27-33(25)31(23(15-41)16-42)36-28-6-2-4-26(20-8-10-30(38)22(12-20)14-40)34(28)32(35(27)36)24(17-43)18-44/h1-12H. The van der Waals surface area contributed by atoms with Gasteiger partial charge >= 0.3 is 0 Å². The monoisotopic (exact) mass is 566 g/mol. The minimum Gasteiger partial charge on any atom is -0.206 e. The normalized spacial score (nSPS) is 12.0. The molecule has 0 fully saturated rings. The van der Waals surface area contributed by atoms with Gasteiger partial charge in [-0.05, 0) is 57.6 Å². The van der Waals surface area contributed by atoms with Crippen LogP contribution in [0.2, 0.25) is 0 Å². The fourth-order valence-corrected chi connectivity index (χ4v) is 5.91. The number of halogens is 2. The van der Waals surface area contributed by atoms with Crippen molar-refractivity contribution in [2.24, 2.45) is 0 Å². The van der Waals surface area contributed by atoms with E-state index in [0.29, 0.717) is 55.7 Å². The van der Waals surface area contributed by atoms with Gasteiger partial charge in [0.05, 0.1) is 11.1 Å². The van der Waals surface area contributed by atoms with Crippen LogP contribution in [0.5, 0.6) is 0 Å². The summed E-state index contributed by atoms with van der Waals surface area (Å²) in [6, 6.07) is 30.0. The second-order valence-electron chi connectivity index (χ2n) is 9.77. The molecule has 2 aliphatic carbocycles. The molecule has 4 aromatic carbocycles. The molecular weight excluding hydrogens is 554 g/mol. The van der Waals surface area contributed by atoms with Crippen LogP contribution in [0, 0.1) is 79.6 Å². The summed E-state index contributed by atoms with van der Waals surface area (Å²) in [5.74, 6) is -1.40. The summed E-state index contributed by atoms with van der Waals surface area (Å²) in [5, 5.41) is 59.4. The minimum atomic E-state index is -0.699. The highest BCUT2D eigenvalue weighted by Gasteiger charge is 2.42. The summed E-state index contributed by atoms with van der Waals surface area (Å²) < 4.78 is 28.5. The van der Waals surface area contributed by atoms with Crippen molar-refractivity contribution in [2.75, 3.05) is 0 Å². The van der Waals surface area contributed by atoms with Crippen molar-refractivity contribution in [1.82, 2.24) is 0 Å². The number of nitriles is 6. The fraction of sp³-hybridized carbons (Fsp3) is 0. The van der Waals surface area contributed by atoms with Crippen LogP contribution in [0.1, 0.15) is 33.4 Å². The van der Waals surface area contributed by atoms with Crippen LogP contribution in [-0.2, 0) is 0 Å². The Labute approximate surface area is 250 Å². The molecule has 44 heavy (non-hydrogen) atoms. The van der Waals surface area contributed by atoms with Gasteiger partial charge in [-0.2, -0.15) is 31.6 Å². The van der Waals surface area contributed by atoms with Gasteiger partial charge in [-0.1, -0.05) is 48.5 Å². The Balaban J connectivity index is 1.75. The van der Waals surface area contributed by atoms with E-state index >= 15 is 0 Å². The third-order valence-corrected chi connectivity index (χ3v) is 7.66. The van der Waals surface area contributed by atoms with Crippen molar-refractivity contribution in [3.05, 3.63) is 129 Å². The SMILES string of the molecule is N#CC(C#N)=C1C2=C(C(=C(C#N)C#N)c3c2cccc3-c2ccc(F)c(C#N)c2)c2cccc(-c3ccc(F)c(C#N)c3)c21. The van der Waals surface area contributed by atoms with E-state index in [4.69, 9.17) is 0 Å². The Bertz CT molecular complexity index is 2170. The van der Waals surface area contributed by atoms with Gasteiger partial charge in [0.2, 0.25) is 0 Å². The molecule has 6 nitrogen and oxygen atoms in total. The minimum absolute atomic E-state index is 0.187. The smallest absolute Gasteiger partial charge is 0.140 e. The number of rotatable bonds is 2. The Morgan fingerprint density at radius 1 is 0.477 bits per heavy atom. The maximum Gasteiger partial charge on any atom is 0.140 e. The Morgan fingerprint density at radius 2 is 0.841 bits per heavy atom. The zero-order chi connectivity index (χ0) is 31.1. The molecular formula is C36H12F2N6. The molecule has 0 aromatic heterocycles.